The Hall–Kier alpha value is -3.02. The van der Waals surface area contributed by atoms with E-state index < -0.39 is 5.97 Å². The van der Waals surface area contributed by atoms with Gasteiger partial charge in [0.25, 0.3) is 0 Å². The number of benzene rings is 1. The van der Waals surface area contributed by atoms with Crippen molar-refractivity contribution >= 4 is 34.4 Å². The van der Waals surface area contributed by atoms with Crippen molar-refractivity contribution in [1.82, 2.24) is 14.8 Å². The summed E-state index contributed by atoms with van der Waals surface area (Å²) in [5, 5.41) is 12.7. The van der Waals surface area contributed by atoms with Gasteiger partial charge in [-0.15, -0.1) is 6.07 Å². The number of rotatable bonds is 4. The van der Waals surface area contributed by atoms with E-state index in [1.165, 1.54) is 17.5 Å². The Morgan fingerprint density at radius 2 is 1.69 bits per heavy atom. The predicted octanol–water partition coefficient (Wildman–Crippen LogP) is 6.63. The number of hydrogen-bond acceptors (Lipinski definition) is 4. The van der Waals surface area contributed by atoms with Gasteiger partial charge in [-0.05, 0) is 87.1 Å². The second-order valence-electron chi connectivity index (χ2n) is 9.73. The third-order valence-corrected chi connectivity index (χ3v) is 7.03. The minimum Gasteiger partial charge on any atom is -0.481 e. The van der Waals surface area contributed by atoms with Gasteiger partial charge in [0.1, 0.15) is 5.82 Å². The largest absolute Gasteiger partial charge is 0.481 e. The van der Waals surface area contributed by atoms with Crippen molar-refractivity contribution in [3.05, 3.63) is 47.2 Å². The molecular formula is C31H39N4O3Os-. The fourth-order valence-electron chi connectivity index (χ4n) is 4.67. The Morgan fingerprint density at radius 3 is 2.26 bits per heavy atom. The smallest absolute Gasteiger partial charge is 0.308 e. The van der Waals surface area contributed by atoms with Crippen LogP contribution in [0.5, 0.6) is 0 Å². The van der Waals surface area contributed by atoms with Crippen molar-refractivity contribution in [2.75, 3.05) is 4.90 Å². The molecule has 2 aromatic heterocycles. The number of aryl methyl sites for hydroxylation is 3. The summed E-state index contributed by atoms with van der Waals surface area (Å²) in [6.07, 6.45) is 10.4. The first-order valence-corrected chi connectivity index (χ1v) is 13.6. The molecule has 2 fully saturated rings. The Kier molecular flexibility index (Phi) is 12.3. The minimum atomic E-state index is -0.602. The molecule has 8 heteroatoms. The van der Waals surface area contributed by atoms with Crippen LogP contribution < -0.4 is 4.90 Å². The molecule has 0 unspecified atom stereocenters. The molecule has 3 aromatic rings. The van der Waals surface area contributed by atoms with Gasteiger partial charge in [-0.25, -0.2) is 0 Å². The molecule has 2 saturated carbocycles. The minimum absolute atomic E-state index is 0. The first-order valence-electron chi connectivity index (χ1n) is 13.6. The van der Waals surface area contributed by atoms with Crippen LogP contribution in [0.3, 0.4) is 0 Å². The van der Waals surface area contributed by atoms with Gasteiger partial charge in [-0.2, -0.15) is 0 Å². The maximum Gasteiger partial charge on any atom is 0.308 e. The van der Waals surface area contributed by atoms with Crippen LogP contribution in [-0.2, 0) is 36.4 Å². The van der Waals surface area contributed by atoms with Gasteiger partial charge in [0.05, 0.1) is 11.6 Å². The number of anilines is 2. The van der Waals surface area contributed by atoms with Gasteiger partial charge in [0.15, 0.2) is 0 Å². The van der Waals surface area contributed by atoms with Crippen LogP contribution in [0.4, 0.5) is 11.5 Å². The molecule has 7 nitrogen and oxygen atoms in total. The van der Waals surface area contributed by atoms with Gasteiger partial charge in [-0.3, -0.25) is 19.5 Å². The Bertz CT molecular complexity index is 1350. The number of amides is 1. The number of fused-ring (bicyclic) bond motifs is 1. The fourth-order valence-corrected chi connectivity index (χ4v) is 4.67. The molecule has 39 heavy (non-hydrogen) atoms. The zero-order valence-electron chi connectivity index (χ0n) is 23.8. The summed E-state index contributed by atoms with van der Waals surface area (Å²) in [6, 6.07) is 8.05. The molecule has 0 radical (unpaired) electrons. The number of aromatic nitrogens is 3. The number of nitrogens with zero attached hydrogens (tertiary/aromatic N) is 4. The molecule has 5 rings (SSSR count). The molecule has 2 aliphatic rings. The van der Waals surface area contributed by atoms with Crippen LogP contribution >= 0.6 is 0 Å². The quantitative estimate of drug-likeness (QED) is 0.244. The second-order valence-corrected chi connectivity index (χ2v) is 9.73. The first kappa shape index (κ1) is 32.2. The summed E-state index contributed by atoms with van der Waals surface area (Å²) in [7, 11) is 1.85. The van der Waals surface area contributed by atoms with Crippen molar-refractivity contribution in [3.8, 4) is 11.8 Å². The number of hydrogen-bond donors (Lipinski definition) is 1. The van der Waals surface area contributed by atoms with Crippen LogP contribution in [-0.4, -0.2) is 31.7 Å². The number of carboxylic acids is 1. The van der Waals surface area contributed by atoms with Crippen LogP contribution in [0, 0.1) is 37.8 Å². The van der Waals surface area contributed by atoms with E-state index in [9.17, 15) is 9.59 Å². The van der Waals surface area contributed by atoms with E-state index in [1.54, 1.807) is 16.5 Å². The van der Waals surface area contributed by atoms with Gasteiger partial charge < -0.3 is 14.9 Å². The number of carbonyl (C=O) groups excluding carboxylic acids is 1. The Balaban J connectivity index is 0.000000377. The Morgan fingerprint density at radius 1 is 1.05 bits per heavy atom. The number of aliphatic carboxylic acids is 1. The number of pyridine rings is 1. The van der Waals surface area contributed by atoms with Gasteiger partial charge in [0, 0.05) is 26.8 Å². The summed E-state index contributed by atoms with van der Waals surface area (Å²) in [5.74, 6) is 5.54. The van der Waals surface area contributed by atoms with E-state index in [4.69, 9.17) is 5.11 Å². The molecular weight excluding hydrogens is 667 g/mol. The van der Waals surface area contributed by atoms with Crippen molar-refractivity contribution < 1.29 is 34.5 Å². The molecule has 0 atom stereocenters. The fraction of sp³-hybridized carbons (Fsp3) is 0.484. The van der Waals surface area contributed by atoms with Gasteiger partial charge in [0.2, 0.25) is 0 Å². The van der Waals surface area contributed by atoms with E-state index in [0.29, 0.717) is 17.3 Å². The second kappa shape index (κ2) is 14.9. The predicted molar refractivity (Wildman–Crippen MR) is 151 cm³/mol. The molecule has 0 saturated heterocycles. The first-order chi connectivity index (χ1) is 18.3. The molecule has 0 bridgehead atoms. The van der Waals surface area contributed by atoms with Crippen molar-refractivity contribution in [2.45, 2.75) is 85.5 Å². The van der Waals surface area contributed by atoms with Gasteiger partial charge in [-0.1, -0.05) is 62.3 Å². The third kappa shape index (κ3) is 7.99. The van der Waals surface area contributed by atoms with Crippen molar-refractivity contribution in [2.24, 2.45) is 13.0 Å². The van der Waals surface area contributed by atoms with Crippen LogP contribution in [0.1, 0.15) is 88.3 Å². The average molecular weight is 706 g/mol. The van der Waals surface area contributed by atoms with Crippen LogP contribution in [0.2, 0.25) is 0 Å². The summed E-state index contributed by atoms with van der Waals surface area (Å²) in [5.41, 5.74) is 5.96. The molecule has 0 aliphatic heterocycles. The summed E-state index contributed by atoms with van der Waals surface area (Å²) in [4.78, 5) is 29.6. The van der Waals surface area contributed by atoms with E-state index in [2.05, 4.69) is 54.1 Å². The normalized spacial score (nSPS) is 14.4. The average Bonchev–Trinajstić information content (AvgIpc) is 3.71. The molecule has 0 spiro atoms. The maximum absolute atomic E-state index is 13.0. The Labute approximate surface area is 245 Å². The molecule has 1 amide bonds. The van der Waals surface area contributed by atoms with Crippen molar-refractivity contribution in [1.29, 1.82) is 0 Å². The van der Waals surface area contributed by atoms with E-state index in [1.807, 2.05) is 33.0 Å². The summed E-state index contributed by atoms with van der Waals surface area (Å²) >= 11 is 0. The topological polar surface area (TPSA) is 88.3 Å². The standard InChI is InChI=1S/C22H21N4O.C7H12O2.C2H6.Os/c1-5-6-22(27)26(21-10-9-19-18(24-21)13-23-25(19)4)20-12-15(3)14(2)11-17(20)16-7-8-16;8-7(9)6-4-2-1-3-5-6;1-2;/h9-12,16H,7-8H2,1-4H3;6H,1-5H2,(H,8,9);1-2H3;/q-1;;;. The van der Waals surface area contributed by atoms with Crippen molar-refractivity contribution in [3.63, 3.8) is 0 Å². The third-order valence-electron chi connectivity index (χ3n) is 7.03. The van der Waals surface area contributed by atoms with E-state index in [0.717, 1.165) is 55.3 Å². The maximum atomic E-state index is 13.0. The molecule has 1 N–H and O–H groups in total. The zero-order chi connectivity index (χ0) is 27.8. The van der Waals surface area contributed by atoms with E-state index in [-0.39, 0.29) is 31.6 Å². The van der Waals surface area contributed by atoms with Gasteiger partial charge >= 0.3 is 11.9 Å². The monoisotopic (exact) mass is 707 g/mol. The zero-order valence-corrected chi connectivity index (χ0v) is 26.4. The molecule has 1 aromatic carbocycles. The molecule has 210 valence electrons. The van der Waals surface area contributed by atoms with Crippen LogP contribution in [0.25, 0.3) is 11.0 Å². The van der Waals surface area contributed by atoms with E-state index >= 15 is 0 Å². The summed E-state index contributed by atoms with van der Waals surface area (Å²) < 4.78 is 1.72. The molecule has 2 heterocycles. The number of carboxylic acid groups (broad SMARTS) is 1. The SMILES string of the molecule is CC.CC#CC(=O)N(c1ccc2c([c-]nn2C)n1)c1cc(C)c(C)cc1C1CC1.O=C(O)C1CCCCC1.[Os]. The summed E-state index contributed by atoms with van der Waals surface area (Å²) in [6.45, 7) is 9.84. The number of carbonyl (C=O) groups is 2. The molecule has 2 aliphatic carbocycles. The van der Waals surface area contributed by atoms with Crippen LogP contribution in [0.15, 0.2) is 24.3 Å².